The lowest BCUT2D eigenvalue weighted by molar-refractivity contribution is 0.0713. The lowest BCUT2D eigenvalue weighted by Gasteiger charge is -2.36. The van der Waals surface area contributed by atoms with Gasteiger partial charge in [0.2, 0.25) is 0 Å². The molecule has 1 aliphatic heterocycles. The summed E-state index contributed by atoms with van der Waals surface area (Å²) in [7, 11) is -1.15. The molecule has 0 bridgehead atoms. The van der Waals surface area contributed by atoms with E-state index in [1.165, 1.54) is 16.8 Å². The average Bonchev–Trinajstić information content (AvgIpc) is 3.23. The van der Waals surface area contributed by atoms with Crippen molar-refractivity contribution >= 4 is 34.0 Å². The maximum absolute atomic E-state index is 12.9. The van der Waals surface area contributed by atoms with Gasteiger partial charge in [-0.25, -0.2) is 0 Å². The van der Waals surface area contributed by atoms with Gasteiger partial charge in [0.05, 0.1) is 5.75 Å². The van der Waals surface area contributed by atoms with Gasteiger partial charge in [-0.2, -0.15) is 0 Å². The van der Waals surface area contributed by atoms with Crippen molar-refractivity contribution in [1.82, 2.24) is 4.90 Å². The van der Waals surface area contributed by atoms with Gasteiger partial charge in [0.25, 0.3) is 5.91 Å². The minimum atomic E-state index is -1.15. The Morgan fingerprint density at radius 3 is 2.53 bits per heavy atom. The molecule has 0 unspecified atom stereocenters. The van der Waals surface area contributed by atoms with Crippen LogP contribution in [0.25, 0.3) is 0 Å². The molecule has 1 atom stereocenters. The van der Waals surface area contributed by atoms with Crippen LogP contribution in [-0.4, -0.2) is 41.2 Å². The van der Waals surface area contributed by atoms with Crippen molar-refractivity contribution in [2.24, 2.45) is 0 Å². The van der Waals surface area contributed by atoms with Crippen LogP contribution in [0, 0.1) is 13.8 Å². The standard InChI is InChI=1S/C25H27ClN2O3S/c1-18-6-7-19(2)23(14-18)27-10-12-28(13-11-27)25(29)24-9-8-22(31-24)17-32(30)16-20-4-3-5-21(26)15-20/h3-9,14-15H,10-13,16-17H2,1-2H3/t32-/m1/s1. The SMILES string of the molecule is Cc1ccc(C)c(N2CCN(C(=O)c3ccc(C[S@](=O)Cc4cccc(Cl)c4)o3)CC2)c1. The Bertz CT molecular complexity index is 1140. The van der Waals surface area contributed by atoms with Gasteiger partial charge in [0.15, 0.2) is 5.76 Å². The zero-order valence-corrected chi connectivity index (χ0v) is 19.9. The van der Waals surface area contributed by atoms with Crippen molar-refractivity contribution in [3.05, 3.63) is 87.8 Å². The molecule has 0 saturated carbocycles. The quantitative estimate of drug-likeness (QED) is 0.511. The number of carbonyl (C=O) groups excluding carboxylic acids is 1. The maximum atomic E-state index is 12.9. The van der Waals surface area contributed by atoms with E-state index in [4.69, 9.17) is 16.0 Å². The third-order valence-electron chi connectivity index (χ3n) is 5.66. The fourth-order valence-electron chi connectivity index (χ4n) is 3.96. The Labute approximate surface area is 196 Å². The Kier molecular flexibility index (Phi) is 7.01. The normalized spacial score (nSPS) is 15.1. The summed E-state index contributed by atoms with van der Waals surface area (Å²) < 4.78 is 18.3. The molecule has 32 heavy (non-hydrogen) atoms. The van der Waals surface area contributed by atoms with Crippen molar-refractivity contribution in [3.8, 4) is 0 Å². The molecular formula is C25H27ClN2O3S. The summed E-state index contributed by atoms with van der Waals surface area (Å²) in [6, 6.07) is 17.2. The molecule has 1 aromatic heterocycles. The number of hydrogen-bond donors (Lipinski definition) is 0. The van der Waals surface area contributed by atoms with Crippen LogP contribution in [0.3, 0.4) is 0 Å². The van der Waals surface area contributed by atoms with E-state index in [1.807, 2.05) is 23.1 Å². The summed E-state index contributed by atoms with van der Waals surface area (Å²) in [6.45, 7) is 7.07. The Balaban J connectivity index is 1.33. The number of halogens is 1. The molecule has 1 aliphatic rings. The van der Waals surface area contributed by atoms with Crippen LogP contribution < -0.4 is 4.90 Å². The molecule has 1 amide bonds. The van der Waals surface area contributed by atoms with E-state index < -0.39 is 10.8 Å². The molecule has 0 N–H and O–H groups in total. The third-order valence-corrected chi connectivity index (χ3v) is 7.16. The van der Waals surface area contributed by atoms with Gasteiger partial charge in [-0.15, -0.1) is 0 Å². The smallest absolute Gasteiger partial charge is 0.289 e. The zero-order chi connectivity index (χ0) is 22.7. The number of anilines is 1. The van der Waals surface area contributed by atoms with Crippen LogP contribution in [-0.2, 0) is 22.3 Å². The topological polar surface area (TPSA) is 53.8 Å². The Morgan fingerprint density at radius 2 is 1.78 bits per heavy atom. The number of amides is 1. The summed E-state index contributed by atoms with van der Waals surface area (Å²) in [5.74, 6) is 1.41. The highest BCUT2D eigenvalue weighted by atomic mass is 35.5. The first kappa shape index (κ1) is 22.6. The summed E-state index contributed by atoms with van der Waals surface area (Å²) in [5, 5.41) is 0.628. The summed E-state index contributed by atoms with van der Waals surface area (Å²) in [6.07, 6.45) is 0. The van der Waals surface area contributed by atoms with Crippen molar-refractivity contribution in [2.45, 2.75) is 25.4 Å². The van der Waals surface area contributed by atoms with Gasteiger partial charge in [0, 0.05) is 53.4 Å². The van der Waals surface area contributed by atoms with Gasteiger partial charge in [-0.1, -0.05) is 35.9 Å². The third kappa shape index (κ3) is 5.43. The minimum absolute atomic E-state index is 0.113. The summed E-state index contributed by atoms with van der Waals surface area (Å²) >= 11 is 6.00. The molecular weight excluding hydrogens is 444 g/mol. The van der Waals surface area contributed by atoms with Crippen LogP contribution in [0.5, 0.6) is 0 Å². The van der Waals surface area contributed by atoms with E-state index in [1.54, 1.807) is 18.2 Å². The highest BCUT2D eigenvalue weighted by Gasteiger charge is 2.25. The maximum Gasteiger partial charge on any atom is 0.289 e. The second-order valence-electron chi connectivity index (χ2n) is 8.19. The molecule has 7 heteroatoms. The molecule has 0 aliphatic carbocycles. The molecule has 5 nitrogen and oxygen atoms in total. The van der Waals surface area contributed by atoms with Gasteiger partial charge >= 0.3 is 0 Å². The van der Waals surface area contributed by atoms with Crippen LogP contribution in [0.4, 0.5) is 5.69 Å². The number of furan rings is 1. The second-order valence-corrected chi connectivity index (χ2v) is 10.1. The van der Waals surface area contributed by atoms with Gasteiger partial charge in [-0.3, -0.25) is 9.00 Å². The summed E-state index contributed by atoms with van der Waals surface area (Å²) in [4.78, 5) is 17.1. The predicted molar refractivity (Wildman–Crippen MR) is 130 cm³/mol. The van der Waals surface area contributed by atoms with Crippen LogP contribution in [0.1, 0.15) is 33.0 Å². The zero-order valence-electron chi connectivity index (χ0n) is 18.3. The molecule has 2 heterocycles. The molecule has 0 spiro atoms. The van der Waals surface area contributed by atoms with E-state index >= 15 is 0 Å². The molecule has 1 fully saturated rings. The van der Waals surface area contributed by atoms with E-state index in [-0.39, 0.29) is 11.7 Å². The largest absolute Gasteiger partial charge is 0.455 e. The highest BCUT2D eigenvalue weighted by Crippen LogP contribution is 2.24. The first-order chi connectivity index (χ1) is 15.4. The predicted octanol–water partition coefficient (Wildman–Crippen LogP) is 4.96. The van der Waals surface area contributed by atoms with Gasteiger partial charge < -0.3 is 14.2 Å². The lowest BCUT2D eigenvalue weighted by Crippen LogP contribution is -2.49. The fraction of sp³-hybridized carbons (Fsp3) is 0.320. The van der Waals surface area contributed by atoms with E-state index in [9.17, 15) is 9.00 Å². The number of hydrogen-bond acceptors (Lipinski definition) is 4. The van der Waals surface area contributed by atoms with Crippen molar-refractivity contribution < 1.29 is 13.4 Å². The molecule has 2 aromatic carbocycles. The monoisotopic (exact) mass is 470 g/mol. The number of carbonyl (C=O) groups is 1. The summed E-state index contributed by atoms with van der Waals surface area (Å²) in [5.41, 5.74) is 4.64. The van der Waals surface area contributed by atoms with Gasteiger partial charge in [0.1, 0.15) is 5.76 Å². The molecule has 3 aromatic rings. The van der Waals surface area contributed by atoms with E-state index in [0.29, 0.717) is 35.4 Å². The molecule has 4 rings (SSSR count). The highest BCUT2D eigenvalue weighted by molar-refractivity contribution is 7.83. The molecule has 168 valence electrons. The van der Waals surface area contributed by atoms with Crippen molar-refractivity contribution in [1.29, 1.82) is 0 Å². The first-order valence-electron chi connectivity index (χ1n) is 10.7. The number of piperazine rings is 1. The average molecular weight is 471 g/mol. The van der Waals surface area contributed by atoms with E-state index in [0.717, 1.165) is 18.7 Å². The van der Waals surface area contributed by atoms with Gasteiger partial charge in [-0.05, 0) is 60.9 Å². The van der Waals surface area contributed by atoms with E-state index in [2.05, 4.69) is 36.9 Å². The Hall–Kier alpha value is -2.57. The minimum Gasteiger partial charge on any atom is -0.455 e. The number of benzene rings is 2. The molecule has 1 saturated heterocycles. The van der Waals surface area contributed by atoms with Crippen molar-refractivity contribution in [3.63, 3.8) is 0 Å². The Morgan fingerprint density at radius 1 is 1.00 bits per heavy atom. The first-order valence-corrected chi connectivity index (χ1v) is 12.6. The number of nitrogens with zero attached hydrogens (tertiary/aromatic N) is 2. The molecule has 0 radical (unpaired) electrons. The van der Waals surface area contributed by atoms with Crippen LogP contribution >= 0.6 is 11.6 Å². The van der Waals surface area contributed by atoms with Crippen molar-refractivity contribution in [2.75, 3.05) is 31.1 Å². The van der Waals surface area contributed by atoms with Crippen LogP contribution in [0.15, 0.2) is 59.0 Å². The lowest BCUT2D eigenvalue weighted by atomic mass is 10.1. The number of rotatable bonds is 6. The second kappa shape index (κ2) is 9.92. The fourth-order valence-corrected chi connectivity index (χ4v) is 5.30. The van der Waals surface area contributed by atoms with Crippen LogP contribution in [0.2, 0.25) is 5.02 Å². The number of aryl methyl sites for hydroxylation is 2.